The van der Waals surface area contributed by atoms with E-state index in [0.717, 1.165) is 54.4 Å². The normalized spacial score (nSPS) is 22.7. The van der Waals surface area contributed by atoms with Gasteiger partial charge in [-0.25, -0.2) is 14.6 Å². The summed E-state index contributed by atoms with van der Waals surface area (Å²) in [7, 11) is 0. The lowest BCUT2D eigenvalue weighted by Gasteiger charge is -2.31. The van der Waals surface area contributed by atoms with Crippen LogP contribution in [0.15, 0.2) is 23.6 Å². The number of thiazole rings is 1. The van der Waals surface area contributed by atoms with Gasteiger partial charge in [0.2, 0.25) is 0 Å². The third kappa shape index (κ3) is 5.94. The quantitative estimate of drug-likeness (QED) is 0.579. The van der Waals surface area contributed by atoms with Crippen LogP contribution in [-0.4, -0.2) is 66.1 Å². The summed E-state index contributed by atoms with van der Waals surface area (Å²) in [5.41, 5.74) is 2.04. The second-order valence-electron chi connectivity index (χ2n) is 9.09. The van der Waals surface area contributed by atoms with Crippen LogP contribution in [0.2, 0.25) is 0 Å². The molecule has 3 N–H and O–H groups in total. The predicted octanol–water partition coefficient (Wildman–Crippen LogP) is 4.19. The van der Waals surface area contributed by atoms with Gasteiger partial charge in [0.05, 0.1) is 13.2 Å². The number of rotatable bonds is 6. The number of aryl methyl sites for hydroxylation is 1. The molecule has 178 valence electrons. The molecule has 33 heavy (non-hydrogen) atoms. The molecule has 0 saturated carbocycles. The van der Waals surface area contributed by atoms with E-state index in [1.54, 1.807) is 5.38 Å². The largest absolute Gasteiger partial charge is 0.493 e. The highest BCUT2D eigenvalue weighted by Crippen LogP contribution is 2.32. The number of amides is 3. The number of urea groups is 1. The summed E-state index contributed by atoms with van der Waals surface area (Å²) in [5.74, 6) is 1.31. The van der Waals surface area contributed by atoms with Crippen LogP contribution in [0, 0.1) is 12.3 Å². The summed E-state index contributed by atoms with van der Waals surface area (Å²) in [6.07, 6.45) is 1.52. The van der Waals surface area contributed by atoms with Crippen LogP contribution in [0.4, 0.5) is 15.4 Å². The summed E-state index contributed by atoms with van der Waals surface area (Å²) in [5, 5.41) is 17.3. The molecular weight excluding hydrogens is 444 g/mol. The average molecular weight is 475 g/mol. The fourth-order valence-electron chi connectivity index (χ4n) is 4.09. The van der Waals surface area contributed by atoms with Crippen LogP contribution in [0.25, 0.3) is 10.6 Å². The number of benzene rings is 1. The third-order valence-electron chi connectivity index (χ3n) is 6.07. The van der Waals surface area contributed by atoms with Crippen molar-refractivity contribution in [1.82, 2.24) is 15.2 Å². The van der Waals surface area contributed by atoms with Crippen molar-refractivity contribution in [3.63, 3.8) is 0 Å². The number of piperidine rings is 1. The van der Waals surface area contributed by atoms with Crippen molar-refractivity contribution >= 4 is 29.3 Å². The Bertz CT molecular complexity index is 1000. The fourth-order valence-corrected chi connectivity index (χ4v) is 4.84. The molecule has 0 bridgehead atoms. The van der Waals surface area contributed by atoms with Gasteiger partial charge in [-0.3, -0.25) is 5.32 Å². The first kappa shape index (κ1) is 23.3. The maximum atomic E-state index is 12.4. The van der Waals surface area contributed by atoms with Crippen LogP contribution >= 0.6 is 11.3 Å². The molecule has 0 aliphatic carbocycles. The van der Waals surface area contributed by atoms with Crippen molar-refractivity contribution in [2.24, 2.45) is 5.41 Å². The van der Waals surface area contributed by atoms with Gasteiger partial charge in [-0.1, -0.05) is 6.92 Å². The van der Waals surface area contributed by atoms with E-state index in [1.807, 2.05) is 25.1 Å². The number of hydrogen-bond donors (Lipinski definition) is 3. The lowest BCUT2D eigenvalue weighted by atomic mass is 9.91. The Morgan fingerprint density at radius 2 is 2.27 bits per heavy atom. The highest BCUT2D eigenvalue weighted by molar-refractivity contribution is 7.13. The van der Waals surface area contributed by atoms with Crippen LogP contribution < -0.4 is 15.4 Å². The van der Waals surface area contributed by atoms with Crippen LogP contribution in [0.3, 0.4) is 0 Å². The number of nitrogens with one attached hydrogen (secondary N) is 2. The minimum atomic E-state index is -0.959. The van der Waals surface area contributed by atoms with E-state index in [2.05, 4.69) is 22.5 Å². The number of hydrogen-bond acceptors (Lipinski definition) is 6. The van der Waals surface area contributed by atoms with Crippen molar-refractivity contribution in [2.45, 2.75) is 39.2 Å². The highest BCUT2D eigenvalue weighted by Gasteiger charge is 2.30. The molecular formula is C23H30N4O5S. The van der Waals surface area contributed by atoms with Crippen LogP contribution in [0.1, 0.15) is 31.7 Å². The second-order valence-corrected chi connectivity index (χ2v) is 9.94. The van der Waals surface area contributed by atoms with Gasteiger partial charge in [0.25, 0.3) is 0 Å². The minimum absolute atomic E-state index is 0.0606. The van der Waals surface area contributed by atoms with Crippen molar-refractivity contribution in [3.05, 3.63) is 29.1 Å². The monoisotopic (exact) mass is 474 g/mol. The Labute approximate surface area is 197 Å². The first-order chi connectivity index (χ1) is 15.8. The summed E-state index contributed by atoms with van der Waals surface area (Å²) in [4.78, 5) is 29.4. The Morgan fingerprint density at radius 3 is 3.00 bits per heavy atom. The molecule has 1 unspecified atom stereocenters. The minimum Gasteiger partial charge on any atom is -0.493 e. The van der Waals surface area contributed by atoms with Gasteiger partial charge in [0.1, 0.15) is 16.6 Å². The Kier molecular flexibility index (Phi) is 7.04. The van der Waals surface area contributed by atoms with E-state index >= 15 is 0 Å². The smallest absolute Gasteiger partial charge is 0.407 e. The van der Waals surface area contributed by atoms with E-state index in [9.17, 15) is 9.59 Å². The van der Waals surface area contributed by atoms with Crippen LogP contribution in [-0.2, 0) is 4.74 Å². The fraction of sp³-hybridized carbons (Fsp3) is 0.522. The average Bonchev–Trinajstić information content (AvgIpc) is 3.42. The van der Waals surface area contributed by atoms with E-state index in [0.29, 0.717) is 25.5 Å². The zero-order valence-electron chi connectivity index (χ0n) is 18.9. The molecule has 2 aromatic rings. The number of carboxylic acid groups (broad SMARTS) is 1. The first-order valence-corrected chi connectivity index (χ1v) is 12.0. The number of carbonyl (C=O) groups excluding carboxylic acids is 1. The molecule has 0 spiro atoms. The lowest BCUT2D eigenvalue weighted by molar-refractivity contribution is 0.117. The highest BCUT2D eigenvalue weighted by atomic mass is 32.1. The van der Waals surface area contributed by atoms with Gasteiger partial charge in [-0.2, -0.15) is 0 Å². The second kappa shape index (κ2) is 9.96. The van der Waals surface area contributed by atoms with E-state index < -0.39 is 6.09 Å². The van der Waals surface area contributed by atoms with Gasteiger partial charge in [0, 0.05) is 42.1 Å². The maximum absolute atomic E-state index is 12.4. The van der Waals surface area contributed by atoms with Crippen molar-refractivity contribution in [1.29, 1.82) is 0 Å². The SMILES string of the molecule is Cc1cc(-c2nc(NC(=O)N[C@H]3CCCN(C(=O)O)C3)cs2)ccc1OCC1(C)CCOC1. The molecule has 3 amide bonds. The van der Waals surface area contributed by atoms with E-state index in [1.165, 1.54) is 16.2 Å². The van der Waals surface area contributed by atoms with Crippen molar-refractivity contribution in [3.8, 4) is 16.3 Å². The Morgan fingerprint density at radius 1 is 1.42 bits per heavy atom. The molecule has 1 aromatic heterocycles. The standard InChI is InChI=1S/C23H30N4O5S/c1-15-10-16(5-6-18(15)32-14-23(2)7-9-31-13-23)20-25-19(12-33-20)26-21(28)24-17-4-3-8-27(11-17)22(29)30/h5-6,10,12,17H,3-4,7-9,11,13-14H2,1-2H3,(H,29,30)(H2,24,26,28)/t17-,23?/m0/s1. The molecule has 2 aliphatic heterocycles. The van der Waals surface area contributed by atoms with Gasteiger partial charge in [-0.05, 0) is 49.9 Å². The molecule has 2 aliphatic rings. The number of ether oxygens (including phenoxy) is 2. The molecule has 0 radical (unpaired) electrons. The number of anilines is 1. The summed E-state index contributed by atoms with van der Waals surface area (Å²) in [6, 6.07) is 5.38. The van der Waals surface area contributed by atoms with Gasteiger partial charge >= 0.3 is 12.1 Å². The first-order valence-electron chi connectivity index (χ1n) is 11.1. The van der Waals surface area contributed by atoms with Gasteiger partial charge in [-0.15, -0.1) is 11.3 Å². The van der Waals surface area contributed by atoms with E-state index in [-0.39, 0.29) is 17.5 Å². The number of aromatic nitrogens is 1. The van der Waals surface area contributed by atoms with E-state index in [4.69, 9.17) is 14.6 Å². The molecule has 2 saturated heterocycles. The third-order valence-corrected chi connectivity index (χ3v) is 6.96. The summed E-state index contributed by atoms with van der Waals surface area (Å²) < 4.78 is 11.6. The van der Waals surface area contributed by atoms with Gasteiger partial charge < -0.3 is 24.8 Å². The molecule has 2 atom stereocenters. The predicted molar refractivity (Wildman–Crippen MR) is 126 cm³/mol. The summed E-state index contributed by atoms with van der Waals surface area (Å²) >= 11 is 1.45. The molecule has 3 heterocycles. The molecule has 1 aromatic carbocycles. The number of nitrogens with zero attached hydrogens (tertiary/aromatic N) is 2. The molecule has 4 rings (SSSR count). The molecule has 2 fully saturated rings. The maximum Gasteiger partial charge on any atom is 0.407 e. The van der Waals surface area contributed by atoms with Crippen LogP contribution in [0.5, 0.6) is 5.75 Å². The Balaban J connectivity index is 1.32. The lowest BCUT2D eigenvalue weighted by Crippen LogP contribution is -2.50. The number of carbonyl (C=O) groups is 2. The zero-order chi connectivity index (χ0) is 23.4. The summed E-state index contributed by atoms with van der Waals surface area (Å²) in [6.45, 7) is 7.13. The zero-order valence-corrected chi connectivity index (χ0v) is 19.7. The number of likely N-dealkylation sites (tertiary alicyclic amines) is 1. The molecule has 10 heteroatoms. The van der Waals surface area contributed by atoms with Gasteiger partial charge in [0.15, 0.2) is 0 Å². The van der Waals surface area contributed by atoms with Crippen molar-refractivity contribution in [2.75, 3.05) is 38.2 Å². The topological polar surface area (TPSA) is 113 Å². The Hall–Kier alpha value is -2.85. The molecule has 9 nitrogen and oxygen atoms in total. The van der Waals surface area contributed by atoms with Crippen molar-refractivity contribution < 1.29 is 24.2 Å².